The van der Waals surface area contributed by atoms with Gasteiger partial charge in [0.25, 0.3) is 0 Å². The van der Waals surface area contributed by atoms with Crippen LogP contribution in [0.3, 0.4) is 0 Å². The summed E-state index contributed by atoms with van der Waals surface area (Å²) in [6.07, 6.45) is 3.45. The van der Waals surface area contributed by atoms with Crippen molar-refractivity contribution in [1.82, 2.24) is 4.90 Å². The van der Waals surface area contributed by atoms with Gasteiger partial charge in [-0.2, -0.15) is 0 Å². The molecule has 0 bridgehead atoms. The normalized spacial score (nSPS) is 27.9. The van der Waals surface area contributed by atoms with Crippen molar-refractivity contribution in [3.63, 3.8) is 0 Å². The van der Waals surface area contributed by atoms with Crippen molar-refractivity contribution in [3.05, 3.63) is 0 Å². The molecule has 0 spiro atoms. The highest BCUT2D eigenvalue weighted by atomic mass is 16.4. The summed E-state index contributed by atoms with van der Waals surface area (Å²) in [6, 6.07) is 0. The molecule has 1 fully saturated rings. The van der Waals surface area contributed by atoms with Crippen molar-refractivity contribution >= 4 is 5.97 Å². The Morgan fingerprint density at radius 1 is 1.33 bits per heavy atom. The minimum atomic E-state index is -0.671. The van der Waals surface area contributed by atoms with Crippen molar-refractivity contribution in [2.45, 2.75) is 39.5 Å². The molecule has 3 heteroatoms. The minimum Gasteiger partial charge on any atom is -0.481 e. The van der Waals surface area contributed by atoms with Gasteiger partial charge in [-0.3, -0.25) is 4.79 Å². The standard InChI is InChI=1S/C12H23NO2/c1-10-6-8-13(9-11(10)2)7-4-3-5-12(14)15/h10-11H,3-9H2,1-2H3,(H,14,15). The molecule has 0 aromatic rings. The van der Waals surface area contributed by atoms with Crippen LogP contribution in [-0.2, 0) is 4.79 Å². The molecule has 1 aliphatic rings. The van der Waals surface area contributed by atoms with Crippen LogP contribution >= 0.6 is 0 Å². The third-order valence-electron chi connectivity index (χ3n) is 3.53. The number of likely N-dealkylation sites (tertiary alicyclic amines) is 1. The van der Waals surface area contributed by atoms with Gasteiger partial charge < -0.3 is 10.0 Å². The zero-order valence-corrected chi connectivity index (χ0v) is 9.91. The summed E-state index contributed by atoms with van der Waals surface area (Å²) in [5, 5.41) is 8.51. The Bertz CT molecular complexity index is 206. The predicted octanol–water partition coefficient (Wildman–Crippen LogP) is 2.22. The minimum absolute atomic E-state index is 0.319. The average molecular weight is 213 g/mol. The molecule has 1 saturated heterocycles. The number of carboxylic acid groups (broad SMARTS) is 1. The Balaban J connectivity index is 2.09. The molecule has 1 aliphatic heterocycles. The first-order valence-electron chi connectivity index (χ1n) is 6.03. The molecule has 1 rings (SSSR count). The molecule has 3 nitrogen and oxygen atoms in total. The van der Waals surface area contributed by atoms with Crippen LogP contribution in [0.25, 0.3) is 0 Å². The first kappa shape index (κ1) is 12.5. The molecule has 0 saturated carbocycles. The third-order valence-corrected chi connectivity index (χ3v) is 3.53. The second-order valence-electron chi connectivity index (χ2n) is 4.89. The summed E-state index contributed by atoms with van der Waals surface area (Å²) in [7, 11) is 0. The summed E-state index contributed by atoms with van der Waals surface area (Å²) >= 11 is 0. The van der Waals surface area contributed by atoms with E-state index in [1.165, 1.54) is 19.5 Å². The van der Waals surface area contributed by atoms with Gasteiger partial charge in [0.15, 0.2) is 0 Å². The van der Waals surface area contributed by atoms with E-state index in [1.54, 1.807) is 0 Å². The number of hydrogen-bond donors (Lipinski definition) is 1. The van der Waals surface area contributed by atoms with Crippen molar-refractivity contribution in [3.8, 4) is 0 Å². The highest BCUT2D eigenvalue weighted by Gasteiger charge is 2.21. The van der Waals surface area contributed by atoms with Crippen molar-refractivity contribution in [2.75, 3.05) is 19.6 Å². The Kier molecular flexibility index (Phi) is 5.09. The summed E-state index contributed by atoms with van der Waals surface area (Å²) in [5.74, 6) is 0.967. The van der Waals surface area contributed by atoms with Gasteiger partial charge in [-0.1, -0.05) is 13.8 Å². The summed E-state index contributed by atoms with van der Waals surface area (Å²) in [4.78, 5) is 12.8. The molecule has 1 N–H and O–H groups in total. The van der Waals surface area contributed by atoms with Crippen LogP contribution in [0.5, 0.6) is 0 Å². The molecule has 1 heterocycles. The lowest BCUT2D eigenvalue weighted by Gasteiger charge is -2.35. The quantitative estimate of drug-likeness (QED) is 0.712. The Hall–Kier alpha value is -0.570. The lowest BCUT2D eigenvalue weighted by Crippen LogP contribution is -2.38. The molecule has 2 unspecified atom stereocenters. The number of hydrogen-bond acceptors (Lipinski definition) is 2. The number of rotatable bonds is 5. The average Bonchev–Trinajstić information content (AvgIpc) is 2.18. The van der Waals surface area contributed by atoms with Crippen LogP contribution in [-0.4, -0.2) is 35.6 Å². The Morgan fingerprint density at radius 2 is 2.07 bits per heavy atom. The lowest BCUT2D eigenvalue weighted by atomic mass is 9.88. The van der Waals surface area contributed by atoms with Crippen molar-refractivity contribution in [2.24, 2.45) is 11.8 Å². The highest BCUT2D eigenvalue weighted by Crippen LogP contribution is 2.22. The molecule has 2 atom stereocenters. The van der Waals surface area contributed by atoms with Gasteiger partial charge in [0.2, 0.25) is 0 Å². The fourth-order valence-electron chi connectivity index (χ4n) is 2.16. The van der Waals surface area contributed by atoms with E-state index in [0.717, 1.165) is 31.2 Å². The van der Waals surface area contributed by atoms with Gasteiger partial charge in [0.05, 0.1) is 0 Å². The van der Waals surface area contributed by atoms with Crippen LogP contribution in [0.4, 0.5) is 0 Å². The number of aliphatic carboxylic acids is 1. The largest absolute Gasteiger partial charge is 0.481 e. The van der Waals surface area contributed by atoms with Crippen LogP contribution in [0.15, 0.2) is 0 Å². The number of carboxylic acids is 1. The van der Waals surface area contributed by atoms with Gasteiger partial charge >= 0.3 is 5.97 Å². The fraction of sp³-hybridized carbons (Fsp3) is 0.917. The van der Waals surface area contributed by atoms with E-state index in [0.29, 0.717) is 6.42 Å². The molecule has 88 valence electrons. The first-order valence-corrected chi connectivity index (χ1v) is 6.03. The monoisotopic (exact) mass is 213 g/mol. The number of unbranched alkanes of at least 4 members (excludes halogenated alkanes) is 1. The second kappa shape index (κ2) is 6.11. The molecule has 0 aromatic heterocycles. The lowest BCUT2D eigenvalue weighted by molar-refractivity contribution is -0.137. The van der Waals surface area contributed by atoms with Gasteiger partial charge in [-0.05, 0) is 44.2 Å². The second-order valence-corrected chi connectivity index (χ2v) is 4.89. The Labute approximate surface area is 92.5 Å². The zero-order chi connectivity index (χ0) is 11.3. The van der Waals surface area contributed by atoms with Gasteiger partial charge in [-0.15, -0.1) is 0 Å². The van der Waals surface area contributed by atoms with Gasteiger partial charge in [0, 0.05) is 13.0 Å². The molecule has 15 heavy (non-hydrogen) atoms. The van der Waals surface area contributed by atoms with E-state index in [9.17, 15) is 4.79 Å². The maximum atomic E-state index is 10.3. The zero-order valence-electron chi connectivity index (χ0n) is 9.91. The van der Waals surface area contributed by atoms with Crippen LogP contribution < -0.4 is 0 Å². The molecule has 0 aromatic carbocycles. The maximum absolute atomic E-state index is 10.3. The van der Waals surface area contributed by atoms with Crippen molar-refractivity contribution in [1.29, 1.82) is 0 Å². The van der Waals surface area contributed by atoms with E-state index in [4.69, 9.17) is 5.11 Å². The fourth-order valence-corrected chi connectivity index (χ4v) is 2.16. The molecule has 0 aliphatic carbocycles. The third kappa shape index (κ3) is 4.65. The van der Waals surface area contributed by atoms with Crippen LogP contribution in [0.2, 0.25) is 0 Å². The number of piperidine rings is 1. The van der Waals surface area contributed by atoms with Crippen molar-refractivity contribution < 1.29 is 9.90 Å². The van der Waals surface area contributed by atoms with Gasteiger partial charge in [-0.25, -0.2) is 0 Å². The van der Waals surface area contributed by atoms with Gasteiger partial charge in [0.1, 0.15) is 0 Å². The first-order chi connectivity index (χ1) is 7.09. The van der Waals surface area contributed by atoms with E-state index in [2.05, 4.69) is 18.7 Å². The topological polar surface area (TPSA) is 40.5 Å². The summed E-state index contributed by atoms with van der Waals surface area (Å²) < 4.78 is 0. The SMILES string of the molecule is CC1CCN(CCCCC(=O)O)CC1C. The summed E-state index contributed by atoms with van der Waals surface area (Å²) in [5.41, 5.74) is 0. The summed E-state index contributed by atoms with van der Waals surface area (Å²) in [6.45, 7) is 8.09. The van der Waals surface area contributed by atoms with E-state index in [-0.39, 0.29) is 0 Å². The van der Waals surface area contributed by atoms with E-state index in [1.807, 2.05) is 0 Å². The molecular weight excluding hydrogens is 190 g/mol. The van der Waals surface area contributed by atoms with E-state index < -0.39 is 5.97 Å². The molecule has 0 radical (unpaired) electrons. The predicted molar refractivity (Wildman–Crippen MR) is 60.9 cm³/mol. The van der Waals surface area contributed by atoms with Crippen LogP contribution in [0, 0.1) is 11.8 Å². The highest BCUT2D eigenvalue weighted by molar-refractivity contribution is 5.66. The van der Waals surface area contributed by atoms with E-state index >= 15 is 0 Å². The smallest absolute Gasteiger partial charge is 0.303 e. The number of nitrogens with zero attached hydrogens (tertiary/aromatic N) is 1. The maximum Gasteiger partial charge on any atom is 0.303 e. The molecular formula is C12H23NO2. The Morgan fingerprint density at radius 3 is 2.67 bits per heavy atom. The molecule has 0 amide bonds. The van der Waals surface area contributed by atoms with Crippen LogP contribution in [0.1, 0.15) is 39.5 Å². The number of carbonyl (C=O) groups is 1.